The lowest BCUT2D eigenvalue weighted by Gasteiger charge is -2.40. The van der Waals surface area contributed by atoms with Gasteiger partial charge in [-0.25, -0.2) is 0 Å². The molecule has 0 N–H and O–H groups in total. The first-order chi connectivity index (χ1) is 10.9. The van der Waals surface area contributed by atoms with Crippen LogP contribution in [0.3, 0.4) is 0 Å². The van der Waals surface area contributed by atoms with Crippen LogP contribution < -0.4 is 4.90 Å². The van der Waals surface area contributed by atoms with Crippen LogP contribution in [0.5, 0.6) is 0 Å². The molecule has 0 bridgehead atoms. The summed E-state index contributed by atoms with van der Waals surface area (Å²) in [7, 11) is 0. The highest BCUT2D eigenvalue weighted by Crippen LogP contribution is 2.33. The summed E-state index contributed by atoms with van der Waals surface area (Å²) in [4.78, 5) is 15.1. The van der Waals surface area contributed by atoms with Crippen LogP contribution in [-0.2, 0) is 4.79 Å². The second-order valence-electron chi connectivity index (χ2n) is 6.53. The Morgan fingerprint density at radius 3 is 2.13 bits per heavy atom. The van der Waals surface area contributed by atoms with Crippen molar-refractivity contribution in [3.05, 3.63) is 28.8 Å². The summed E-state index contributed by atoms with van der Waals surface area (Å²) in [5.74, 6) is 0.242. The fourth-order valence-corrected chi connectivity index (χ4v) is 4.17. The number of rotatable bonds is 5. The first-order valence-corrected chi connectivity index (χ1v) is 8.62. The molecule has 124 valence electrons. The molecule has 0 spiro atoms. The lowest BCUT2D eigenvalue weighted by atomic mass is 10.0. The van der Waals surface area contributed by atoms with Crippen molar-refractivity contribution in [2.45, 2.75) is 47.1 Å². The molecule has 0 saturated carbocycles. The van der Waals surface area contributed by atoms with E-state index in [4.69, 9.17) is 5.26 Å². The Balaban J connectivity index is 2.39. The standard InChI is InChI=1S/C19H28N3O/c1-6-22(7-2,8-3)17-9-10-21(19(17)23)18-14(4)11-16(13-20)12-15(18)5/h11-12,17H,6-10H2,1-5H3/q+1. The molecule has 1 unspecified atom stereocenters. The molecule has 1 aromatic carbocycles. The van der Waals surface area contributed by atoms with Crippen molar-refractivity contribution in [3.63, 3.8) is 0 Å². The molecule has 1 heterocycles. The van der Waals surface area contributed by atoms with Crippen LogP contribution in [0.4, 0.5) is 5.69 Å². The van der Waals surface area contributed by atoms with Crippen LogP contribution in [-0.4, -0.2) is 42.6 Å². The highest BCUT2D eigenvalue weighted by atomic mass is 16.2. The quantitative estimate of drug-likeness (QED) is 0.784. The van der Waals surface area contributed by atoms with Crippen molar-refractivity contribution >= 4 is 11.6 Å². The highest BCUT2D eigenvalue weighted by molar-refractivity contribution is 6.00. The number of hydrogen-bond acceptors (Lipinski definition) is 2. The number of benzene rings is 1. The topological polar surface area (TPSA) is 44.1 Å². The van der Waals surface area contributed by atoms with Crippen LogP contribution in [0.25, 0.3) is 0 Å². The summed E-state index contributed by atoms with van der Waals surface area (Å²) >= 11 is 0. The van der Waals surface area contributed by atoms with Gasteiger partial charge in [0, 0.05) is 18.7 Å². The molecular weight excluding hydrogens is 286 g/mol. The number of nitrogens with zero attached hydrogens (tertiary/aromatic N) is 3. The van der Waals surface area contributed by atoms with Crippen molar-refractivity contribution in [2.24, 2.45) is 0 Å². The number of quaternary nitrogens is 1. The Labute approximate surface area is 139 Å². The first kappa shape index (κ1) is 17.5. The first-order valence-electron chi connectivity index (χ1n) is 8.62. The van der Waals surface area contributed by atoms with E-state index in [9.17, 15) is 4.79 Å². The van der Waals surface area contributed by atoms with Gasteiger partial charge in [-0.3, -0.25) is 4.79 Å². The minimum absolute atomic E-state index is 0.0597. The smallest absolute Gasteiger partial charge is 0.285 e. The van der Waals surface area contributed by atoms with E-state index in [1.807, 2.05) is 30.9 Å². The Morgan fingerprint density at radius 1 is 1.17 bits per heavy atom. The van der Waals surface area contributed by atoms with E-state index in [0.717, 1.165) is 53.9 Å². The van der Waals surface area contributed by atoms with Gasteiger partial charge in [0.25, 0.3) is 5.91 Å². The number of carbonyl (C=O) groups excluding carboxylic acids is 1. The molecule has 1 aromatic rings. The van der Waals surface area contributed by atoms with Crippen LogP contribution in [0.1, 0.15) is 43.9 Å². The molecule has 0 radical (unpaired) electrons. The van der Waals surface area contributed by atoms with Gasteiger partial charge in [-0.1, -0.05) is 0 Å². The average Bonchev–Trinajstić information content (AvgIpc) is 2.91. The van der Waals surface area contributed by atoms with E-state index in [-0.39, 0.29) is 11.9 Å². The third kappa shape index (κ3) is 2.86. The molecule has 1 amide bonds. The minimum Gasteiger partial charge on any atom is -0.314 e. The number of likely N-dealkylation sites (N-methyl/N-ethyl adjacent to an activating group) is 1. The fourth-order valence-electron chi connectivity index (χ4n) is 4.17. The maximum Gasteiger partial charge on any atom is 0.285 e. The van der Waals surface area contributed by atoms with Gasteiger partial charge in [-0.05, 0) is 57.9 Å². The summed E-state index contributed by atoms with van der Waals surface area (Å²) in [6.07, 6.45) is 0.910. The molecule has 0 aliphatic carbocycles. The van der Waals surface area contributed by atoms with Gasteiger partial charge in [0.15, 0.2) is 6.04 Å². The molecule has 1 atom stereocenters. The molecule has 1 saturated heterocycles. The summed E-state index contributed by atoms with van der Waals surface area (Å²) in [6, 6.07) is 6.01. The van der Waals surface area contributed by atoms with Gasteiger partial charge in [-0.15, -0.1) is 0 Å². The minimum atomic E-state index is 0.0597. The third-order valence-electron chi connectivity index (χ3n) is 5.62. The molecule has 1 aliphatic heterocycles. The summed E-state index contributed by atoms with van der Waals surface area (Å²) < 4.78 is 0.865. The van der Waals surface area contributed by atoms with Crippen LogP contribution in [0, 0.1) is 25.2 Å². The van der Waals surface area contributed by atoms with Crippen molar-refractivity contribution in [3.8, 4) is 6.07 Å². The molecule has 23 heavy (non-hydrogen) atoms. The number of aryl methyl sites for hydroxylation is 2. The maximum absolute atomic E-state index is 13.1. The Kier molecular flexibility index (Phi) is 5.11. The number of anilines is 1. The van der Waals surface area contributed by atoms with Gasteiger partial charge < -0.3 is 9.38 Å². The zero-order valence-electron chi connectivity index (χ0n) is 15.0. The Hall–Kier alpha value is -1.86. The lowest BCUT2D eigenvalue weighted by Crippen LogP contribution is -2.58. The second kappa shape index (κ2) is 6.72. The van der Waals surface area contributed by atoms with Crippen molar-refractivity contribution in [1.82, 2.24) is 0 Å². The van der Waals surface area contributed by atoms with E-state index in [1.165, 1.54) is 0 Å². The second-order valence-corrected chi connectivity index (χ2v) is 6.53. The summed E-state index contributed by atoms with van der Waals surface area (Å²) in [5, 5.41) is 9.11. The van der Waals surface area contributed by atoms with Gasteiger partial charge in [-0.2, -0.15) is 5.26 Å². The number of amides is 1. The van der Waals surface area contributed by atoms with Crippen molar-refractivity contribution < 1.29 is 9.28 Å². The van der Waals surface area contributed by atoms with E-state index in [1.54, 1.807) is 0 Å². The predicted octanol–water partition coefficient (Wildman–Crippen LogP) is 3.16. The number of carbonyl (C=O) groups is 1. The molecule has 4 nitrogen and oxygen atoms in total. The number of hydrogen-bond donors (Lipinski definition) is 0. The van der Waals surface area contributed by atoms with E-state index in [2.05, 4.69) is 26.8 Å². The van der Waals surface area contributed by atoms with Crippen molar-refractivity contribution in [2.75, 3.05) is 31.1 Å². The molecular formula is C19H28N3O+. The molecule has 1 fully saturated rings. The predicted molar refractivity (Wildman–Crippen MR) is 93.3 cm³/mol. The highest BCUT2D eigenvalue weighted by Gasteiger charge is 2.45. The van der Waals surface area contributed by atoms with Gasteiger partial charge in [0.1, 0.15) is 0 Å². The monoisotopic (exact) mass is 314 g/mol. The largest absolute Gasteiger partial charge is 0.314 e. The average molecular weight is 314 g/mol. The Bertz CT molecular complexity index is 609. The molecule has 2 rings (SSSR count). The van der Waals surface area contributed by atoms with E-state index in [0.29, 0.717) is 5.56 Å². The fraction of sp³-hybridized carbons (Fsp3) is 0.579. The normalized spacial score (nSPS) is 18.3. The van der Waals surface area contributed by atoms with Crippen LogP contribution in [0.15, 0.2) is 12.1 Å². The van der Waals surface area contributed by atoms with E-state index >= 15 is 0 Å². The van der Waals surface area contributed by atoms with Crippen LogP contribution in [0.2, 0.25) is 0 Å². The summed E-state index contributed by atoms with van der Waals surface area (Å²) in [6.45, 7) is 14.3. The lowest BCUT2D eigenvalue weighted by molar-refractivity contribution is -0.937. The maximum atomic E-state index is 13.1. The molecule has 4 heteroatoms. The van der Waals surface area contributed by atoms with E-state index < -0.39 is 0 Å². The van der Waals surface area contributed by atoms with Gasteiger partial charge >= 0.3 is 0 Å². The zero-order valence-corrected chi connectivity index (χ0v) is 15.0. The zero-order chi connectivity index (χ0) is 17.2. The van der Waals surface area contributed by atoms with Crippen molar-refractivity contribution in [1.29, 1.82) is 5.26 Å². The van der Waals surface area contributed by atoms with Gasteiger partial charge in [0.05, 0.1) is 31.3 Å². The summed E-state index contributed by atoms with van der Waals surface area (Å²) in [5.41, 5.74) is 3.68. The number of nitriles is 1. The third-order valence-corrected chi connectivity index (χ3v) is 5.62. The SMILES string of the molecule is CC[N+](CC)(CC)C1CCN(c2c(C)cc(C#N)cc2C)C1=O. The van der Waals surface area contributed by atoms with Gasteiger partial charge in [0.2, 0.25) is 0 Å². The van der Waals surface area contributed by atoms with Crippen LogP contribution >= 0.6 is 0 Å². The Morgan fingerprint density at radius 2 is 1.70 bits per heavy atom. The molecule has 0 aromatic heterocycles. The molecule has 1 aliphatic rings.